The quantitative estimate of drug-likeness (QED) is 0.397. The molecule has 0 spiro atoms. The Bertz CT molecular complexity index is 1100. The molecule has 108 valence electrons. The molecule has 0 aliphatic carbocycles. The first-order chi connectivity index (χ1) is 10.7. The number of thiophene rings is 1. The Morgan fingerprint density at radius 2 is 1.68 bits per heavy atom. The Kier molecular flexibility index (Phi) is 3.24. The summed E-state index contributed by atoms with van der Waals surface area (Å²) in [5.74, 6) is -0.348. The molecule has 0 amide bonds. The Labute approximate surface area is 138 Å². The van der Waals surface area contributed by atoms with Crippen molar-refractivity contribution >= 4 is 58.9 Å². The summed E-state index contributed by atoms with van der Waals surface area (Å²) in [6.07, 6.45) is 0. The topological polar surface area (TPSA) is 17.1 Å². The van der Waals surface area contributed by atoms with Gasteiger partial charge in [0.2, 0.25) is 0 Å². The van der Waals surface area contributed by atoms with Crippen molar-refractivity contribution in [3.63, 3.8) is 0 Å². The van der Waals surface area contributed by atoms with Gasteiger partial charge in [0, 0.05) is 41.8 Å². The van der Waals surface area contributed by atoms with Gasteiger partial charge in [0.1, 0.15) is 5.82 Å². The van der Waals surface area contributed by atoms with Crippen molar-refractivity contribution in [2.24, 2.45) is 0 Å². The minimum absolute atomic E-state index is 0.117. The van der Waals surface area contributed by atoms with E-state index in [-0.39, 0.29) is 11.2 Å². The minimum Gasteiger partial charge on any atom is -0.289 e. The van der Waals surface area contributed by atoms with Crippen LogP contribution in [0.1, 0.15) is 4.88 Å². The summed E-state index contributed by atoms with van der Waals surface area (Å²) < 4.78 is 15.4. The van der Waals surface area contributed by atoms with Crippen LogP contribution in [0.15, 0.2) is 53.3 Å². The molecule has 0 atom stereocenters. The van der Waals surface area contributed by atoms with E-state index in [0.29, 0.717) is 21.5 Å². The number of alkyl halides is 1. The molecule has 1 nitrogen and oxygen atoms in total. The summed E-state index contributed by atoms with van der Waals surface area (Å²) in [6, 6.07) is 14.2. The predicted octanol–water partition coefficient (Wildman–Crippen LogP) is 5.60. The van der Waals surface area contributed by atoms with Gasteiger partial charge in [-0.15, -0.1) is 11.3 Å². The van der Waals surface area contributed by atoms with Crippen molar-refractivity contribution in [2.45, 2.75) is 5.33 Å². The third-order valence-electron chi connectivity index (χ3n) is 3.86. The lowest BCUT2D eigenvalue weighted by Gasteiger charge is -1.95. The molecule has 1 aromatic heterocycles. The minimum atomic E-state index is -0.348. The lowest BCUT2D eigenvalue weighted by molar-refractivity contribution is 0.640. The molecule has 4 aromatic rings. The number of fused-ring (bicyclic) bond motifs is 5. The molecule has 0 unspecified atom stereocenters. The predicted molar refractivity (Wildman–Crippen MR) is 95.7 cm³/mol. The van der Waals surface area contributed by atoms with E-state index >= 15 is 0 Å². The monoisotopic (exact) mass is 372 g/mol. The highest BCUT2D eigenvalue weighted by molar-refractivity contribution is 9.08. The third-order valence-corrected chi connectivity index (χ3v) is 6.00. The van der Waals surface area contributed by atoms with Crippen LogP contribution >= 0.6 is 27.3 Å². The number of hydrogen-bond donors (Lipinski definition) is 0. The molecule has 0 N–H and O–H groups in total. The van der Waals surface area contributed by atoms with Gasteiger partial charge >= 0.3 is 0 Å². The highest BCUT2D eigenvalue weighted by Crippen LogP contribution is 2.36. The first-order valence-corrected chi connectivity index (χ1v) is 8.76. The van der Waals surface area contributed by atoms with Crippen molar-refractivity contribution in [3.05, 3.63) is 69.4 Å². The SMILES string of the molecule is O=c1c2ccccc2c2sc(CBr)cc2c2c(F)cccc12. The van der Waals surface area contributed by atoms with Crippen molar-refractivity contribution in [1.29, 1.82) is 0 Å². The molecule has 0 radical (unpaired) electrons. The number of rotatable bonds is 1. The van der Waals surface area contributed by atoms with Gasteiger partial charge in [-0.05, 0) is 12.1 Å². The molecular formula is C18H10BrFOS. The molecule has 4 rings (SSSR count). The number of hydrogen-bond acceptors (Lipinski definition) is 2. The van der Waals surface area contributed by atoms with E-state index in [9.17, 15) is 9.18 Å². The highest BCUT2D eigenvalue weighted by atomic mass is 79.9. The maximum atomic E-state index is 14.5. The van der Waals surface area contributed by atoms with Gasteiger partial charge in [-0.2, -0.15) is 0 Å². The Hall–Kier alpha value is -1.78. The number of halogens is 2. The summed E-state index contributed by atoms with van der Waals surface area (Å²) in [4.78, 5) is 13.9. The van der Waals surface area contributed by atoms with Crippen LogP contribution in [0.25, 0.3) is 31.6 Å². The summed E-state index contributed by atoms with van der Waals surface area (Å²) >= 11 is 5.06. The molecular weight excluding hydrogens is 363 g/mol. The Morgan fingerprint density at radius 3 is 2.45 bits per heavy atom. The molecule has 0 saturated heterocycles. The van der Waals surface area contributed by atoms with Crippen LogP contribution in [0.4, 0.5) is 4.39 Å². The van der Waals surface area contributed by atoms with Gasteiger partial charge < -0.3 is 0 Å². The largest absolute Gasteiger partial charge is 0.289 e. The molecule has 22 heavy (non-hydrogen) atoms. The van der Waals surface area contributed by atoms with Gasteiger partial charge in [0.15, 0.2) is 5.43 Å². The summed E-state index contributed by atoms with van der Waals surface area (Å²) in [5.41, 5.74) is -0.117. The lowest BCUT2D eigenvalue weighted by Crippen LogP contribution is -1.98. The fourth-order valence-corrected chi connectivity index (χ4v) is 4.46. The zero-order valence-electron chi connectivity index (χ0n) is 11.4. The normalized spacial score (nSPS) is 11.5. The maximum Gasteiger partial charge on any atom is 0.194 e. The first-order valence-electron chi connectivity index (χ1n) is 6.82. The second kappa shape index (κ2) is 5.14. The fraction of sp³-hybridized carbons (Fsp3) is 0.0556. The molecule has 0 fully saturated rings. The van der Waals surface area contributed by atoms with Crippen LogP contribution in [0.3, 0.4) is 0 Å². The van der Waals surface area contributed by atoms with Crippen LogP contribution in [0.5, 0.6) is 0 Å². The van der Waals surface area contributed by atoms with E-state index in [1.807, 2.05) is 30.3 Å². The van der Waals surface area contributed by atoms with Crippen LogP contribution in [-0.4, -0.2) is 0 Å². The summed E-state index contributed by atoms with van der Waals surface area (Å²) in [5, 5.41) is 3.90. The number of benzene rings is 2. The molecule has 4 heteroatoms. The van der Waals surface area contributed by atoms with Crippen LogP contribution in [0, 0.1) is 5.82 Å². The zero-order chi connectivity index (χ0) is 15.3. The highest BCUT2D eigenvalue weighted by Gasteiger charge is 2.14. The zero-order valence-corrected chi connectivity index (χ0v) is 13.8. The van der Waals surface area contributed by atoms with Crippen LogP contribution in [-0.2, 0) is 5.33 Å². The third kappa shape index (κ3) is 1.91. The second-order valence-electron chi connectivity index (χ2n) is 5.13. The molecule has 0 saturated carbocycles. The fourth-order valence-electron chi connectivity index (χ4n) is 2.90. The second-order valence-corrected chi connectivity index (χ2v) is 6.82. The van der Waals surface area contributed by atoms with E-state index in [1.165, 1.54) is 6.07 Å². The van der Waals surface area contributed by atoms with E-state index in [0.717, 1.165) is 20.3 Å². The smallest absolute Gasteiger partial charge is 0.194 e. The molecule has 0 bridgehead atoms. The standard InChI is InChI=1S/C18H10BrFOS/c19-9-10-8-14-16-13(6-3-7-15(16)20)17(21)11-4-1-2-5-12(11)18(14)22-10/h1-8H,9H2. The molecule has 0 aliphatic rings. The first kappa shape index (κ1) is 13.9. The molecule has 1 heterocycles. The molecule has 0 aliphatic heterocycles. The van der Waals surface area contributed by atoms with Crippen molar-refractivity contribution in [3.8, 4) is 0 Å². The van der Waals surface area contributed by atoms with Crippen LogP contribution in [0.2, 0.25) is 0 Å². The lowest BCUT2D eigenvalue weighted by atomic mass is 10.1. The van der Waals surface area contributed by atoms with E-state index in [2.05, 4.69) is 15.9 Å². The van der Waals surface area contributed by atoms with E-state index in [4.69, 9.17) is 0 Å². The van der Waals surface area contributed by atoms with Gasteiger partial charge in [0.25, 0.3) is 0 Å². The average Bonchev–Trinajstić information content (AvgIpc) is 2.94. The summed E-state index contributed by atoms with van der Waals surface area (Å²) in [6.45, 7) is 0. The van der Waals surface area contributed by atoms with Crippen molar-refractivity contribution in [2.75, 3.05) is 0 Å². The van der Waals surface area contributed by atoms with Gasteiger partial charge in [-0.3, -0.25) is 4.79 Å². The maximum absolute atomic E-state index is 14.5. The van der Waals surface area contributed by atoms with Crippen molar-refractivity contribution in [1.82, 2.24) is 0 Å². The average molecular weight is 373 g/mol. The Balaban J connectivity index is 2.48. The van der Waals surface area contributed by atoms with Crippen molar-refractivity contribution < 1.29 is 4.39 Å². The van der Waals surface area contributed by atoms with Crippen LogP contribution < -0.4 is 5.43 Å². The van der Waals surface area contributed by atoms with Gasteiger partial charge in [-0.25, -0.2) is 4.39 Å². The summed E-state index contributed by atoms with van der Waals surface area (Å²) in [7, 11) is 0. The van der Waals surface area contributed by atoms with Gasteiger partial charge in [-0.1, -0.05) is 52.3 Å². The van der Waals surface area contributed by atoms with E-state index in [1.54, 1.807) is 23.5 Å². The Morgan fingerprint density at radius 1 is 0.955 bits per heavy atom. The molecule has 3 aromatic carbocycles. The van der Waals surface area contributed by atoms with Gasteiger partial charge in [0.05, 0.1) is 0 Å². The van der Waals surface area contributed by atoms with E-state index < -0.39 is 0 Å².